The summed E-state index contributed by atoms with van der Waals surface area (Å²) >= 11 is 0. The number of carbonyl (C=O) groups excluding carboxylic acids is 1. The van der Waals surface area contributed by atoms with Crippen molar-refractivity contribution >= 4 is 17.3 Å². The Hall–Kier alpha value is -2.11. The van der Waals surface area contributed by atoms with Crippen molar-refractivity contribution in [2.45, 2.75) is 13.8 Å². The van der Waals surface area contributed by atoms with Crippen molar-refractivity contribution in [3.05, 3.63) is 23.7 Å². The summed E-state index contributed by atoms with van der Waals surface area (Å²) in [5.74, 6) is 0.268. The van der Waals surface area contributed by atoms with Crippen LogP contribution in [0.2, 0.25) is 0 Å². The summed E-state index contributed by atoms with van der Waals surface area (Å²) in [7, 11) is 1.78. The molecule has 2 heterocycles. The average Bonchev–Trinajstić information content (AvgIpc) is 2.71. The molecule has 17 heavy (non-hydrogen) atoms. The second-order valence-electron chi connectivity index (χ2n) is 3.56. The molecule has 0 atom stereocenters. The molecule has 6 nitrogen and oxygen atoms in total. The third-order valence-corrected chi connectivity index (χ3v) is 2.30. The normalized spacial score (nSPS) is 10.5. The monoisotopic (exact) mass is 234 g/mol. The predicted octanol–water partition coefficient (Wildman–Crippen LogP) is 1.26. The Balaban J connectivity index is 2.53. The smallest absolute Gasteiger partial charge is 0.358 e. The molecule has 1 N–H and O–H groups in total. The minimum atomic E-state index is -0.420. The molecule has 6 heteroatoms. The zero-order chi connectivity index (χ0) is 12.4. The number of carbonyl (C=O) groups is 1. The van der Waals surface area contributed by atoms with Gasteiger partial charge in [-0.3, -0.25) is 0 Å². The van der Waals surface area contributed by atoms with Gasteiger partial charge in [-0.15, -0.1) is 0 Å². The molecule has 0 saturated carbocycles. The molecule has 0 aliphatic heterocycles. The molecule has 0 unspecified atom stereocenters. The van der Waals surface area contributed by atoms with E-state index >= 15 is 0 Å². The fraction of sp³-hybridized carbons (Fsp3) is 0.364. The molecule has 0 aromatic carbocycles. The number of hydrogen-bond acceptors (Lipinski definition) is 5. The van der Waals surface area contributed by atoms with Crippen molar-refractivity contribution in [1.82, 2.24) is 14.6 Å². The predicted molar refractivity (Wildman–Crippen MR) is 63.2 cm³/mol. The van der Waals surface area contributed by atoms with Crippen LogP contribution in [0.4, 0.5) is 5.82 Å². The van der Waals surface area contributed by atoms with Crippen LogP contribution in [0.25, 0.3) is 5.52 Å². The van der Waals surface area contributed by atoms with Gasteiger partial charge in [0, 0.05) is 13.1 Å². The summed E-state index contributed by atoms with van der Waals surface area (Å²) in [5.41, 5.74) is 1.86. The van der Waals surface area contributed by atoms with Crippen LogP contribution in [-0.4, -0.2) is 34.2 Å². The third-order valence-electron chi connectivity index (χ3n) is 2.30. The molecule has 0 saturated heterocycles. The number of ether oxygens (including phenoxy) is 1. The number of nitrogens with zero attached hydrogens (tertiary/aromatic N) is 3. The van der Waals surface area contributed by atoms with Gasteiger partial charge >= 0.3 is 5.97 Å². The van der Waals surface area contributed by atoms with Crippen molar-refractivity contribution in [2.75, 3.05) is 19.0 Å². The maximum atomic E-state index is 11.6. The zero-order valence-corrected chi connectivity index (χ0v) is 10.0. The molecular weight excluding hydrogens is 220 g/mol. The molecule has 2 rings (SSSR count). The van der Waals surface area contributed by atoms with E-state index in [1.54, 1.807) is 30.8 Å². The van der Waals surface area contributed by atoms with Crippen LogP contribution in [0.15, 0.2) is 12.3 Å². The van der Waals surface area contributed by atoms with Crippen LogP contribution < -0.4 is 5.32 Å². The van der Waals surface area contributed by atoms with Gasteiger partial charge in [-0.25, -0.2) is 14.3 Å². The van der Waals surface area contributed by atoms with E-state index in [4.69, 9.17) is 4.74 Å². The van der Waals surface area contributed by atoms with E-state index in [9.17, 15) is 4.79 Å². The van der Waals surface area contributed by atoms with Gasteiger partial charge < -0.3 is 10.1 Å². The SMILES string of the molecule is CCOC(=O)c1cc2c(NC)nc(C)cn2n1. The first-order valence-electron chi connectivity index (χ1n) is 5.37. The van der Waals surface area contributed by atoms with Crippen LogP contribution in [0.5, 0.6) is 0 Å². The number of hydrogen-bond donors (Lipinski definition) is 1. The lowest BCUT2D eigenvalue weighted by Gasteiger charge is -2.02. The molecular formula is C11H14N4O2. The number of rotatable bonds is 3. The van der Waals surface area contributed by atoms with Crippen molar-refractivity contribution < 1.29 is 9.53 Å². The maximum absolute atomic E-state index is 11.6. The Labute approximate surface area is 98.6 Å². The van der Waals surface area contributed by atoms with E-state index in [-0.39, 0.29) is 5.69 Å². The Morgan fingerprint density at radius 3 is 3.00 bits per heavy atom. The Bertz CT molecular complexity index is 562. The van der Waals surface area contributed by atoms with Gasteiger partial charge in [-0.05, 0) is 13.8 Å². The number of anilines is 1. The van der Waals surface area contributed by atoms with Gasteiger partial charge in [0.05, 0.1) is 18.5 Å². The Morgan fingerprint density at radius 1 is 1.59 bits per heavy atom. The quantitative estimate of drug-likeness (QED) is 0.809. The summed E-state index contributed by atoms with van der Waals surface area (Å²) in [6, 6.07) is 1.66. The Morgan fingerprint density at radius 2 is 2.35 bits per heavy atom. The second kappa shape index (κ2) is 4.40. The lowest BCUT2D eigenvalue weighted by atomic mass is 10.3. The van der Waals surface area contributed by atoms with Crippen LogP contribution in [-0.2, 0) is 4.74 Å². The molecule has 90 valence electrons. The van der Waals surface area contributed by atoms with Crippen LogP contribution >= 0.6 is 0 Å². The fourth-order valence-corrected chi connectivity index (χ4v) is 1.60. The minimum Gasteiger partial charge on any atom is -0.461 e. The highest BCUT2D eigenvalue weighted by Gasteiger charge is 2.14. The van der Waals surface area contributed by atoms with Gasteiger partial charge in [0.1, 0.15) is 5.52 Å². The summed E-state index contributed by atoms with van der Waals surface area (Å²) in [6.07, 6.45) is 1.76. The van der Waals surface area contributed by atoms with E-state index in [1.165, 1.54) is 0 Å². The van der Waals surface area contributed by atoms with Crippen molar-refractivity contribution in [1.29, 1.82) is 0 Å². The number of aromatic nitrogens is 3. The van der Waals surface area contributed by atoms with E-state index < -0.39 is 5.97 Å². The Kier molecular flexibility index (Phi) is 2.95. The minimum absolute atomic E-state index is 0.288. The molecule has 0 aliphatic carbocycles. The standard InChI is InChI=1S/C11H14N4O2/c1-4-17-11(16)8-5-9-10(12-3)13-7(2)6-15(9)14-8/h5-6H,4H2,1-3H3,(H,12,13). The largest absolute Gasteiger partial charge is 0.461 e. The second-order valence-corrected chi connectivity index (χ2v) is 3.56. The summed E-state index contributed by atoms with van der Waals surface area (Å²) in [6.45, 7) is 3.97. The highest BCUT2D eigenvalue weighted by atomic mass is 16.5. The first-order chi connectivity index (χ1) is 8.15. The number of esters is 1. The molecule has 0 radical (unpaired) electrons. The topological polar surface area (TPSA) is 68.5 Å². The lowest BCUT2D eigenvalue weighted by Crippen LogP contribution is -2.05. The zero-order valence-electron chi connectivity index (χ0n) is 10.0. The van der Waals surface area contributed by atoms with Crippen molar-refractivity contribution in [2.24, 2.45) is 0 Å². The highest BCUT2D eigenvalue weighted by molar-refractivity contribution is 5.90. The molecule has 2 aromatic rings. The number of aryl methyl sites for hydroxylation is 1. The van der Waals surface area contributed by atoms with Gasteiger partial charge in [0.2, 0.25) is 0 Å². The summed E-state index contributed by atoms with van der Waals surface area (Å²) in [5, 5.41) is 7.13. The van der Waals surface area contributed by atoms with Gasteiger partial charge in [-0.1, -0.05) is 0 Å². The molecule has 0 amide bonds. The summed E-state index contributed by atoms with van der Waals surface area (Å²) in [4.78, 5) is 15.9. The highest BCUT2D eigenvalue weighted by Crippen LogP contribution is 2.16. The van der Waals surface area contributed by atoms with Crippen molar-refractivity contribution in [3.8, 4) is 0 Å². The third kappa shape index (κ3) is 2.06. The van der Waals surface area contributed by atoms with E-state index in [1.807, 2.05) is 6.92 Å². The first-order valence-corrected chi connectivity index (χ1v) is 5.37. The number of fused-ring (bicyclic) bond motifs is 1. The van der Waals surface area contributed by atoms with Crippen LogP contribution in [0.3, 0.4) is 0 Å². The molecule has 0 spiro atoms. The molecule has 0 bridgehead atoms. The van der Waals surface area contributed by atoms with Crippen LogP contribution in [0, 0.1) is 6.92 Å². The van der Waals surface area contributed by atoms with E-state index in [0.717, 1.165) is 11.2 Å². The number of nitrogens with one attached hydrogen (secondary N) is 1. The first kappa shape index (κ1) is 11.4. The van der Waals surface area contributed by atoms with Gasteiger partial charge in [0.25, 0.3) is 0 Å². The van der Waals surface area contributed by atoms with E-state index in [2.05, 4.69) is 15.4 Å². The molecule has 0 aliphatic rings. The lowest BCUT2D eigenvalue weighted by molar-refractivity contribution is 0.0519. The van der Waals surface area contributed by atoms with Crippen LogP contribution in [0.1, 0.15) is 23.1 Å². The molecule has 0 fully saturated rings. The van der Waals surface area contributed by atoms with Crippen molar-refractivity contribution in [3.63, 3.8) is 0 Å². The summed E-state index contributed by atoms with van der Waals surface area (Å²) < 4.78 is 6.53. The average molecular weight is 234 g/mol. The molecule has 2 aromatic heterocycles. The van der Waals surface area contributed by atoms with Gasteiger partial charge in [-0.2, -0.15) is 5.10 Å². The van der Waals surface area contributed by atoms with E-state index in [0.29, 0.717) is 12.4 Å². The fourth-order valence-electron chi connectivity index (χ4n) is 1.60. The van der Waals surface area contributed by atoms with Gasteiger partial charge in [0.15, 0.2) is 11.5 Å². The maximum Gasteiger partial charge on any atom is 0.358 e.